The Morgan fingerprint density at radius 2 is 2.19 bits per heavy atom. The van der Waals surface area contributed by atoms with Crippen LogP contribution in [0.1, 0.15) is 12.5 Å². The van der Waals surface area contributed by atoms with Crippen LogP contribution in [0.2, 0.25) is 0 Å². The van der Waals surface area contributed by atoms with Gasteiger partial charge in [-0.25, -0.2) is 9.37 Å². The van der Waals surface area contributed by atoms with Crippen LogP contribution < -0.4 is 5.32 Å². The predicted molar refractivity (Wildman–Crippen MR) is 83.0 cm³/mol. The third-order valence-corrected chi connectivity index (χ3v) is 4.12. The van der Waals surface area contributed by atoms with E-state index in [1.54, 1.807) is 6.07 Å². The average molecular weight is 281 g/mol. The van der Waals surface area contributed by atoms with Crippen LogP contribution in [-0.2, 0) is 13.0 Å². The van der Waals surface area contributed by atoms with Crippen molar-refractivity contribution < 1.29 is 4.39 Å². The first-order valence-electron chi connectivity index (χ1n) is 7.30. The third-order valence-electron chi connectivity index (χ3n) is 4.12. The number of nitrogens with zero attached hydrogens (tertiary/aromatic N) is 2. The van der Waals surface area contributed by atoms with Crippen LogP contribution in [0.3, 0.4) is 0 Å². The van der Waals surface area contributed by atoms with Crippen molar-refractivity contribution in [2.45, 2.75) is 19.9 Å². The van der Waals surface area contributed by atoms with Crippen molar-refractivity contribution in [3.8, 4) is 11.4 Å². The molecule has 2 aromatic carbocycles. The van der Waals surface area contributed by atoms with Crippen LogP contribution in [0.15, 0.2) is 36.4 Å². The molecule has 3 nitrogen and oxygen atoms in total. The van der Waals surface area contributed by atoms with Gasteiger partial charge in [-0.3, -0.25) is 0 Å². The number of nitrogens with one attached hydrogen (secondary N) is 1. The maximum atomic E-state index is 14.0. The zero-order valence-corrected chi connectivity index (χ0v) is 11.9. The fourth-order valence-corrected chi connectivity index (χ4v) is 3.08. The van der Waals surface area contributed by atoms with Crippen molar-refractivity contribution in [3.05, 3.63) is 47.8 Å². The number of anilines is 1. The summed E-state index contributed by atoms with van der Waals surface area (Å²) in [5.74, 6) is 0.564. The molecule has 0 saturated heterocycles. The fraction of sp³-hybridized carbons (Fsp3) is 0.235. The van der Waals surface area contributed by atoms with Gasteiger partial charge in [0.25, 0.3) is 0 Å². The van der Waals surface area contributed by atoms with Gasteiger partial charge in [-0.2, -0.15) is 0 Å². The number of aryl methyl sites for hydroxylation is 1. The van der Waals surface area contributed by atoms with Crippen molar-refractivity contribution in [1.82, 2.24) is 9.55 Å². The summed E-state index contributed by atoms with van der Waals surface area (Å²) in [7, 11) is 0. The minimum absolute atomic E-state index is 0.264. The Hall–Kier alpha value is -2.36. The molecule has 0 radical (unpaired) electrons. The standard InChI is InChI=1S/C17H16FN3/c1-2-21-15-5-3-4-13(18)16(15)20-17(21)12-7-6-11-8-9-19-14(11)10-12/h3-7,10,19H,2,8-9H2,1H3. The SMILES string of the molecule is CCn1c(-c2ccc3c(c2)NCC3)nc2c(F)cccc21. The number of benzene rings is 2. The zero-order chi connectivity index (χ0) is 14.4. The van der Waals surface area contributed by atoms with E-state index in [1.165, 1.54) is 17.3 Å². The highest BCUT2D eigenvalue weighted by Crippen LogP contribution is 2.31. The van der Waals surface area contributed by atoms with Gasteiger partial charge in [0, 0.05) is 24.3 Å². The van der Waals surface area contributed by atoms with E-state index >= 15 is 0 Å². The molecule has 106 valence electrons. The molecule has 4 rings (SSSR count). The maximum Gasteiger partial charge on any atom is 0.151 e. The van der Waals surface area contributed by atoms with E-state index < -0.39 is 0 Å². The number of para-hydroxylation sites is 1. The largest absolute Gasteiger partial charge is 0.384 e. The van der Waals surface area contributed by atoms with Crippen LogP contribution in [0, 0.1) is 5.82 Å². The Labute approximate surface area is 122 Å². The first-order valence-corrected chi connectivity index (χ1v) is 7.30. The van der Waals surface area contributed by atoms with Gasteiger partial charge >= 0.3 is 0 Å². The highest BCUT2D eigenvalue weighted by atomic mass is 19.1. The third kappa shape index (κ3) is 1.82. The number of hydrogen-bond acceptors (Lipinski definition) is 2. The lowest BCUT2D eigenvalue weighted by atomic mass is 10.1. The van der Waals surface area contributed by atoms with Gasteiger partial charge in [0.05, 0.1) is 5.52 Å². The van der Waals surface area contributed by atoms with E-state index in [0.29, 0.717) is 5.52 Å². The summed E-state index contributed by atoms with van der Waals surface area (Å²) in [5, 5.41) is 3.38. The summed E-state index contributed by atoms with van der Waals surface area (Å²) in [6, 6.07) is 11.5. The summed E-state index contributed by atoms with van der Waals surface area (Å²) in [4.78, 5) is 4.54. The van der Waals surface area contributed by atoms with Crippen molar-refractivity contribution in [2.24, 2.45) is 0 Å². The van der Waals surface area contributed by atoms with Crippen LogP contribution in [0.5, 0.6) is 0 Å². The van der Waals surface area contributed by atoms with Gasteiger partial charge in [-0.05, 0) is 37.1 Å². The van der Waals surface area contributed by atoms with Gasteiger partial charge in [0.1, 0.15) is 11.3 Å². The van der Waals surface area contributed by atoms with E-state index in [1.807, 2.05) is 6.07 Å². The number of halogens is 1. The Morgan fingerprint density at radius 1 is 1.29 bits per heavy atom. The van der Waals surface area contributed by atoms with Crippen molar-refractivity contribution >= 4 is 16.7 Å². The molecule has 4 heteroatoms. The lowest BCUT2D eigenvalue weighted by Gasteiger charge is -2.08. The molecule has 1 aliphatic heterocycles. The summed E-state index contributed by atoms with van der Waals surface area (Å²) in [5.41, 5.74) is 4.83. The second kappa shape index (κ2) is 4.58. The predicted octanol–water partition coefficient (Wildman–Crippen LogP) is 3.83. The van der Waals surface area contributed by atoms with Gasteiger partial charge in [-0.15, -0.1) is 0 Å². The molecule has 1 N–H and O–H groups in total. The minimum Gasteiger partial charge on any atom is -0.384 e. The van der Waals surface area contributed by atoms with Crippen molar-refractivity contribution in [3.63, 3.8) is 0 Å². The van der Waals surface area contributed by atoms with Crippen LogP contribution >= 0.6 is 0 Å². The summed E-state index contributed by atoms with van der Waals surface area (Å²) in [6.45, 7) is 3.80. The van der Waals surface area contributed by atoms with Crippen LogP contribution in [0.4, 0.5) is 10.1 Å². The van der Waals surface area contributed by atoms with Crippen molar-refractivity contribution in [2.75, 3.05) is 11.9 Å². The minimum atomic E-state index is -0.264. The van der Waals surface area contributed by atoms with Gasteiger partial charge in [0.2, 0.25) is 0 Å². The molecule has 0 amide bonds. The average Bonchev–Trinajstić information content (AvgIpc) is 3.10. The number of imidazole rings is 1. The second-order valence-corrected chi connectivity index (χ2v) is 5.34. The highest BCUT2D eigenvalue weighted by molar-refractivity contribution is 5.82. The second-order valence-electron chi connectivity index (χ2n) is 5.34. The molecule has 0 aliphatic carbocycles. The Bertz CT molecular complexity index is 835. The Morgan fingerprint density at radius 3 is 3.05 bits per heavy atom. The van der Waals surface area contributed by atoms with E-state index in [0.717, 1.165) is 36.4 Å². The molecule has 1 aliphatic rings. The maximum absolute atomic E-state index is 14.0. The lowest BCUT2D eigenvalue weighted by Crippen LogP contribution is -1.98. The molecule has 3 aromatic rings. The molecule has 1 aromatic heterocycles. The lowest BCUT2D eigenvalue weighted by molar-refractivity contribution is 0.637. The molecule has 0 unspecified atom stereocenters. The van der Waals surface area contributed by atoms with Gasteiger partial charge in [0.15, 0.2) is 5.82 Å². The Balaban J connectivity index is 1.96. The van der Waals surface area contributed by atoms with E-state index in [-0.39, 0.29) is 5.82 Å². The summed E-state index contributed by atoms with van der Waals surface area (Å²) >= 11 is 0. The first kappa shape index (κ1) is 12.4. The number of fused-ring (bicyclic) bond motifs is 2. The number of hydrogen-bond donors (Lipinski definition) is 1. The monoisotopic (exact) mass is 281 g/mol. The molecule has 21 heavy (non-hydrogen) atoms. The first-order chi connectivity index (χ1) is 10.3. The molecule has 0 saturated carbocycles. The zero-order valence-electron chi connectivity index (χ0n) is 11.9. The molecule has 0 spiro atoms. The summed E-state index contributed by atoms with van der Waals surface area (Å²) in [6.07, 6.45) is 1.06. The quantitative estimate of drug-likeness (QED) is 0.773. The normalized spacial score (nSPS) is 13.4. The fourth-order valence-electron chi connectivity index (χ4n) is 3.08. The number of rotatable bonds is 2. The van der Waals surface area contributed by atoms with Gasteiger partial charge < -0.3 is 9.88 Å². The van der Waals surface area contributed by atoms with E-state index in [2.05, 4.69) is 40.0 Å². The molecular weight excluding hydrogens is 265 g/mol. The number of aromatic nitrogens is 2. The molecule has 0 bridgehead atoms. The van der Waals surface area contributed by atoms with Crippen LogP contribution in [0.25, 0.3) is 22.4 Å². The van der Waals surface area contributed by atoms with Crippen molar-refractivity contribution in [1.29, 1.82) is 0 Å². The smallest absolute Gasteiger partial charge is 0.151 e. The summed E-state index contributed by atoms with van der Waals surface area (Å²) < 4.78 is 16.0. The van der Waals surface area contributed by atoms with E-state index in [9.17, 15) is 4.39 Å². The topological polar surface area (TPSA) is 29.9 Å². The highest BCUT2D eigenvalue weighted by Gasteiger charge is 2.16. The molecule has 2 heterocycles. The van der Waals surface area contributed by atoms with Gasteiger partial charge in [-0.1, -0.05) is 18.2 Å². The molecule has 0 fully saturated rings. The Kier molecular flexibility index (Phi) is 2.70. The molecule has 0 atom stereocenters. The van der Waals surface area contributed by atoms with E-state index in [4.69, 9.17) is 0 Å². The van der Waals surface area contributed by atoms with Crippen LogP contribution in [-0.4, -0.2) is 16.1 Å². The molecular formula is C17H16FN3.